The average Bonchev–Trinajstić information content (AvgIpc) is 2.28. The van der Waals surface area contributed by atoms with E-state index in [0.29, 0.717) is 12.0 Å². The molecular weight excluding hydrogens is 201 g/mol. The maximum absolute atomic E-state index is 12.5. The lowest BCUT2D eigenvalue weighted by Gasteiger charge is -2.18. The molecule has 0 aliphatic heterocycles. The SMILES string of the molecule is CCC(C)C(C)C(C)F.NC1CCCCC1. The van der Waals surface area contributed by atoms with Gasteiger partial charge in [-0.1, -0.05) is 46.5 Å². The van der Waals surface area contributed by atoms with Gasteiger partial charge in [0.2, 0.25) is 0 Å². The van der Waals surface area contributed by atoms with E-state index in [-0.39, 0.29) is 5.92 Å². The number of nitrogens with two attached hydrogens (primary N) is 1. The van der Waals surface area contributed by atoms with Crippen molar-refractivity contribution in [1.29, 1.82) is 0 Å². The van der Waals surface area contributed by atoms with Crippen LogP contribution < -0.4 is 5.73 Å². The molecule has 0 saturated heterocycles. The van der Waals surface area contributed by atoms with Gasteiger partial charge >= 0.3 is 0 Å². The molecule has 98 valence electrons. The molecule has 16 heavy (non-hydrogen) atoms. The Hall–Kier alpha value is -0.110. The largest absolute Gasteiger partial charge is 0.328 e. The first-order valence-electron chi connectivity index (χ1n) is 6.88. The van der Waals surface area contributed by atoms with Crippen LogP contribution in [0.2, 0.25) is 0 Å². The molecule has 0 aromatic rings. The highest BCUT2D eigenvalue weighted by molar-refractivity contribution is 4.66. The van der Waals surface area contributed by atoms with Crippen molar-refractivity contribution >= 4 is 0 Å². The summed E-state index contributed by atoms with van der Waals surface area (Å²) in [6.45, 7) is 7.81. The summed E-state index contributed by atoms with van der Waals surface area (Å²) in [6.07, 6.45) is 7.09. The summed E-state index contributed by atoms with van der Waals surface area (Å²) in [5.74, 6) is 0.736. The molecular formula is C14H30FN. The molecule has 0 heterocycles. The van der Waals surface area contributed by atoms with Gasteiger partial charge in [0.25, 0.3) is 0 Å². The third-order valence-corrected chi connectivity index (χ3v) is 3.92. The summed E-state index contributed by atoms with van der Waals surface area (Å²) in [5, 5.41) is 0. The Labute approximate surface area is 101 Å². The van der Waals surface area contributed by atoms with Crippen LogP contribution in [0, 0.1) is 11.8 Å². The number of alkyl halides is 1. The Morgan fingerprint density at radius 1 is 1.12 bits per heavy atom. The van der Waals surface area contributed by atoms with Gasteiger partial charge in [-0.25, -0.2) is 4.39 Å². The van der Waals surface area contributed by atoms with Crippen molar-refractivity contribution in [1.82, 2.24) is 0 Å². The van der Waals surface area contributed by atoms with Crippen molar-refractivity contribution in [3.8, 4) is 0 Å². The summed E-state index contributed by atoms with van der Waals surface area (Å²) < 4.78 is 12.5. The van der Waals surface area contributed by atoms with E-state index in [0.717, 1.165) is 6.42 Å². The van der Waals surface area contributed by atoms with E-state index in [1.165, 1.54) is 32.1 Å². The first-order valence-corrected chi connectivity index (χ1v) is 6.88. The lowest BCUT2D eigenvalue weighted by atomic mass is 9.90. The van der Waals surface area contributed by atoms with Gasteiger partial charge in [0, 0.05) is 6.04 Å². The van der Waals surface area contributed by atoms with E-state index < -0.39 is 6.17 Å². The van der Waals surface area contributed by atoms with Gasteiger partial charge in [-0.05, 0) is 31.6 Å². The standard InChI is InChI=1S/C8H17F.C6H13N/c1-5-6(2)7(3)8(4)9;7-6-4-2-1-3-5-6/h6-8H,5H2,1-4H3;6H,1-5,7H2. The van der Waals surface area contributed by atoms with Gasteiger partial charge in [-0.3, -0.25) is 0 Å². The topological polar surface area (TPSA) is 26.0 Å². The zero-order valence-corrected chi connectivity index (χ0v) is 11.5. The Kier molecular flexibility index (Phi) is 8.91. The molecule has 0 amide bonds. The quantitative estimate of drug-likeness (QED) is 0.770. The third-order valence-electron chi connectivity index (χ3n) is 3.92. The third kappa shape index (κ3) is 7.21. The minimum Gasteiger partial charge on any atom is -0.328 e. The number of halogens is 1. The molecule has 2 N–H and O–H groups in total. The van der Waals surface area contributed by atoms with Gasteiger partial charge in [-0.15, -0.1) is 0 Å². The van der Waals surface area contributed by atoms with Crippen molar-refractivity contribution in [2.75, 3.05) is 0 Å². The van der Waals surface area contributed by atoms with E-state index >= 15 is 0 Å². The fourth-order valence-corrected chi connectivity index (χ4v) is 1.96. The summed E-state index contributed by atoms with van der Waals surface area (Å²) in [7, 11) is 0. The van der Waals surface area contributed by atoms with Crippen LogP contribution in [0.25, 0.3) is 0 Å². The van der Waals surface area contributed by atoms with E-state index in [9.17, 15) is 4.39 Å². The predicted molar refractivity (Wildman–Crippen MR) is 70.2 cm³/mol. The fraction of sp³-hybridized carbons (Fsp3) is 1.00. The molecule has 0 radical (unpaired) electrons. The Morgan fingerprint density at radius 3 is 1.81 bits per heavy atom. The van der Waals surface area contributed by atoms with Gasteiger partial charge in [0.15, 0.2) is 0 Å². The molecule has 1 nitrogen and oxygen atoms in total. The molecule has 3 unspecified atom stereocenters. The highest BCUT2D eigenvalue weighted by Crippen LogP contribution is 2.19. The smallest absolute Gasteiger partial charge is 0.100 e. The van der Waals surface area contributed by atoms with Crippen LogP contribution >= 0.6 is 0 Å². The monoisotopic (exact) mass is 231 g/mol. The van der Waals surface area contributed by atoms with Gasteiger partial charge in [-0.2, -0.15) is 0 Å². The van der Waals surface area contributed by atoms with Gasteiger partial charge < -0.3 is 5.73 Å². The molecule has 1 saturated carbocycles. The van der Waals surface area contributed by atoms with Crippen LogP contribution in [0.15, 0.2) is 0 Å². The van der Waals surface area contributed by atoms with Crippen LogP contribution in [0.5, 0.6) is 0 Å². The van der Waals surface area contributed by atoms with E-state index in [2.05, 4.69) is 13.8 Å². The lowest BCUT2D eigenvalue weighted by Crippen LogP contribution is -2.22. The number of hydrogen-bond donors (Lipinski definition) is 1. The molecule has 1 fully saturated rings. The number of rotatable bonds is 3. The van der Waals surface area contributed by atoms with Crippen LogP contribution in [0.1, 0.15) is 66.2 Å². The molecule has 3 atom stereocenters. The van der Waals surface area contributed by atoms with Crippen molar-refractivity contribution in [2.24, 2.45) is 17.6 Å². The van der Waals surface area contributed by atoms with E-state index in [1.54, 1.807) is 6.92 Å². The maximum Gasteiger partial charge on any atom is 0.100 e. The zero-order chi connectivity index (χ0) is 12.6. The number of hydrogen-bond acceptors (Lipinski definition) is 1. The predicted octanol–water partition coefficient (Wildman–Crippen LogP) is 4.30. The van der Waals surface area contributed by atoms with Crippen LogP contribution in [0.4, 0.5) is 4.39 Å². The summed E-state index contributed by atoms with van der Waals surface area (Å²) in [6, 6.07) is 0.536. The minimum absolute atomic E-state index is 0.218. The fourth-order valence-electron chi connectivity index (χ4n) is 1.96. The second kappa shape index (κ2) is 8.98. The Balaban J connectivity index is 0.000000288. The maximum atomic E-state index is 12.5. The second-order valence-electron chi connectivity index (χ2n) is 5.32. The van der Waals surface area contributed by atoms with E-state index in [4.69, 9.17) is 5.73 Å². The van der Waals surface area contributed by atoms with Crippen LogP contribution in [0.3, 0.4) is 0 Å². The summed E-state index contributed by atoms with van der Waals surface area (Å²) in [5.41, 5.74) is 5.63. The Bertz CT molecular complexity index is 153. The van der Waals surface area contributed by atoms with E-state index in [1.807, 2.05) is 6.92 Å². The summed E-state index contributed by atoms with van der Waals surface area (Å²) in [4.78, 5) is 0. The minimum atomic E-state index is -0.653. The van der Waals surface area contributed by atoms with Gasteiger partial charge in [0.1, 0.15) is 6.17 Å². The first-order chi connectivity index (χ1) is 7.49. The average molecular weight is 231 g/mol. The highest BCUT2D eigenvalue weighted by Gasteiger charge is 2.15. The van der Waals surface area contributed by atoms with Crippen LogP contribution in [-0.2, 0) is 0 Å². The van der Waals surface area contributed by atoms with Gasteiger partial charge in [0.05, 0.1) is 0 Å². The van der Waals surface area contributed by atoms with Crippen molar-refractivity contribution in [3.63, 3.8) is 0 Å². The zero-order valence-electron chi connectivity index (χ0n) is 11.5. The molecule has 1 aliphatic carbocycles. The Morgan fingerprint density at radius 2 is 1.62 bits per heavy atom. The summed E-state index contributed by atoms with van der Waals surface area (Å²) >= 11 is 0. The van der Waals surface area contributed by atoms with Crippen molar-refractivity contribution in [3.05, 3.63) is 0 Å². The lowest BCUT2D eigenvalue weighted by molar-refractivity contribution is 0.202. The normalized spacial score (nSPS) is 22.9. The highest BCUT2D eigenvalue weighted by atomic mass is 19.1. The molecule has 2 heteroatoms. The molecule has 0 bridgehead atoms. The van der Waals surface area contributed by atoms with Crippen LogP contribution in [-0.4, -0.2) is 12.2 Å². The molecule has 0 aromatic heterocycles. The molecule has 0 spiro atoms. The second-order valence-corrected chi connectivity index (χ2v) is 5.32. The molecule has 1 rings (SSSR count). The molecule has 1 aliphatic rings. The first kappa shape index (κ1) is 15.9. The van der Waals surface area contributed by atoms with Crippen molar-refractivity contribution < 1.29 is 4.39 Å². The van der Waals surface area contributed by atoms with Crippen molar-refractivity contribution in [2.45, 2.75) is 78.4 Å². The molecule has 0 aromatic carbocycles.